The normalized spacial score (nSPS) is 13.3. The van der Waals surface area contributed by atoms with Crippen LogP contribution in [0.1, 0.15) is 50.6 Å². The number of ether oxygens (including phenoxy) is 1. The molecule has 3 aromatic rings. The molecule has 0 bridgehead atoms. The molecule has 0 unspecified atom stereocenters. The van der Waals surface area contributed by atoms with Crippen LogP contribution in [0.15, 0.2) is 47.8 Å². The summed E-state index contributed by atoms with van der Waals surface area (Å²) in [4.78, 5) is 19.6. The van der Waals surface area contributed by atoms with Crippen molar-refractivity contribution >= 4 is 17.2 Å². The highest BCUT2D eigenvalue weighted by atomic mass is 32.1. The molecule has 0 saturated heterocycles. The van der Waals surface area contributed by atoms with Crippen LogP contribution in [0.2, 0.25) is 0 Å². The summed E-state index contributed by atoms with van der Waals surface area (Å²) in [7, 11) is 0. The summed E-state index contributed by atoms with van der Waals surface area (Å²) < 4.78 is 6.05. The van der Waals surface area contributed by atoms with Gasteiger partial charge in [0, 0.05) is 17.0 Å². The van der Waals surface area contributed by atoms with E-state index in [1.165, 1.54) is 16.7 Å². The molecule has 4 rings (SSSR count). The molecule has 1 amide bonds. The highest BCUT2D eigenvalue weighted by Gasteiger charge is 2.33. The first-order valence-electron chi connectivity index (χ1n) is 10.0. The van der Waals surface area contributed by atoms with E-state index in [0.29, 0.717) is 19.2 Å². The Labute approximate surface area is 176 Å². The lowest BCUT2D eigenvalue weighted by Crippen LogP contribution is -2.32. The van der Waals surface area contributed by atoms with Crippen molar-refractivity contribution in [1.29, 1.82) is 0 Å². The van der Waals surface area contributed by atoms with Crippen molar-refractivity contribution in [2.24, 2.45) is 0 Å². The lowest BCUT2D eigenvalue weighted by molar-refractivity contribution is 0.0728. The maximum Gasteiger partial charge on any atom is 0.254 e. The Morgan fingerprint density at radius 1 is 1.17 bits per heavy atom. The summed E-state index contributed by atoms with van der Waals surface area (Å²) in [5.74, 6) is 1.00. The molecule has 0 radical (unpaired) electrons. The second kappa shape index (κ2) is 8.37. The molecule has 0 aliphatic heterocycles. The molecule has 1 aliphatic carbocycles. The van der Waals surface area contributed by atoms with E-state index in [0.717, 1.165) is 34.9 Å². The molecule has 0 N–H and O–H groups in total. The minimum Gasteiger partial charge on any atom is -0.486 e. The van der Waals surface area contributed by atoms with Crippen molar-refractivity contribution in [2.75, 3.05) is 0 Å². The van der Waals surface area contributed by atoms with Gasteiger partial charge in [0.15, 0.2) is 0 Å². The number of thiazole rings is 1. The van der Waals surface area contributed by atoms with E-state index in [-0.39, 0.29) is 5.91 Å². The van der Waals surface area contributed by atoms with E-state index in [4.69, 9.17) is 9.72 Å². The van der Waals surface area contributed by atoms with Crippen molar-refractivity contribution < 1.29 is 9.53 Å². The minimum absolute atomic E-state index is 0.0877. The zero-order chi connectivity index (χ0) is 20.4. The van der Waals surface area contributed by atoms with Gasteiger partial charge in [-0.25, -0.2) is 4.98 Å². The van der Waals surface area contributed by atoms with Gasteiger partial charge in [0.1, 0.15) is 17.4 Å². The quantitative estimate of drug-likeness (QED) is 0.524. The van der Waals surface area contributed by atoms with Gasteiger partial charge >= 0.3 is 0 Å². The van der Waals surface area contributed by atoms with Crippen LogP contribution in [0, 0.1) is 20.8 Å². The maximum atomic E-state index is 12.9. The molecule has 2 aromatic carbocycles. The van der Waals surface area contributed by atoms with Gasteiger partial charge in [-0.1, -0.05) is 24.3 Å². The Hall–Kier alpha value is -2.66. The fourth-order valence-corrected chi connectivity index (χ4v) is 4.15. The third kappa shape index (κ3) is 4.67. The van der Waals surface area contributed by atoms with Gasteiger partial charge in [0.25, 0.3) is 5.91 Å². The number of nitrogens with zero attached hydrogens (tertiary/aromatic N) is 2. The predicted molar refractivity (Wildman–Crippen MR) is 116 cm³/mol. The van der Waals surface area contributed by atoms with Crippen molar-refractivity contribution in [2.45, 2.75) is 52.8 Å². The average Bonchev–Trinajstić information content (AvgIpc) is 3.47. The number of hydrogen-bond acceptors (Lipinski definition) is 4. The zero-order valence-electron chi connectivity index (χ0n) is 17.1. The number of hydrogen-bond donors (Lipinski definition) is 0. The van der Waals surface area contributed by atoms with E-state index in [1.807, 2.05) is 40.6 Å². The van der Waals surface area contributed by atoms with Gasteiger partial charge in [-0.05, 0) is 68.5 Å². The first-order valence-corrected chi connectivity index (χ1v) is 10.9. The standard InChI is InChI=1S/C24H26N2O2S/c1-16-11-17(2)18(3)22(12-16)28-14-23-25-20(15-29-23)13-26(21-9-10-21)24(27)19-7-5-4-6-8-19/h4-8,11-12,15,21H,9-10,13-14H2,1-3H3. The van der Waals surface area contributed by atoms with Crippen LogP contribution in [0.3, 0.4) is 0 Å². The number of aromatic nitrogens is 1. The molecule has 5 heteroatoms. The Morgan fingerprint density at radius 2 is 1.93 bits per heavy atom. The Morgan fingerprint density at radius 3 is 2.66 bits per heavy atom. The first kappa shape index (κ1) is 19.6. The van der Waals surface area contributed by atoms with Gasteiger partial charge in [-0.2, -0.15) is 0 Å². The Kier molecular flexibility index (Phi) is 5.67. The number of rotatable bonds is 7. The molecule has 1 fully saturated rings. The molecule has 1 heterocycles. The Balaban J connectivity index is 1.43. The molecule has 1 aliphatic rings. The number of amides is 1. The lowest BCUT2D eigenvalue weighted by atomic mass is 10.1. The van der Waals surface area contributed by atoms with Crippen LogP contribution < -0.4 is 4.74 Å². The summed E-state index contributed by atoms with van der Waals surface area (Å²) in [6.07, 6.45) is 2.15. The summed E-state index contributed by atoms with van der Waals surface area (Å²) in [6, 6.07) is 14.1. The SMILES string of the molecule is Cc1cc(C)c(C)c(OCc2nc(CN(C(=O)c3ccccc3)C3CC3)cs2)c1. The number of carbonyl (C=O) groups excluding carboxylic acids is 1. The summed E-state index contributed by atoms with van der Waals surface area (Å²) in [5, 5.41) is 2.97. The van der Waals surface area contributed by atoms with Crippen molar-refractivity contribution in [1.82, 2.24) is 9.88 Å². The average molecular weight is 407 g/mol. The van der Waals surface area contributed by atoms with E-state index >= 15 is 0 Å². The second-order valence-corrected chi connectivity index (χ2v) is 8.70. The Bertz CT molecular complexity index is 1010. The van der Waals surface area contributed by atoms with E-state index in [1.54, 1.807) is 11.3 Å². The van der Waals surface area contributed by atoms with Gasteiger partial charge in [-0.3, -0.25) is 4.79 Å². The largest absolute Gasteiger partial charge is 0.486 e. The summed E-state index contributed by atoms with van der Waals surface area (Å²) >= 11 is 1.59. The van der Waals surface area contributed by atoms with Crippen molar-refractivity contribution in [3.05, 3.63) is 80.8 Å². The molecule has 0 atom stereocenters. The maximum absolute atomic E-state index is 12.9. The monoisotopic (exact) mass is 406 g/mol. The molecule has 1 aromatic heterocycles. The van der Waals surface area contributed by atoms with E-state index in [2.05, 4.69) is 32.9 Å². The zero-order valence-corrected chi connectivity index (χ0v) is 18.0. The number of carbonyl (C=O) groups is 1. The van der Waals surface area contributed by atoms with Gasteiger partial charge in [0.2, 0.25) is 0 Å². The fourth-order valence-electron chi connectivity index (χ4n) is 3.45. The predicted octanol–water partition coefficient (Wildman–Crippen LogP) is 5.45. The van der Waals surface area contributed by atoms with Gasteiger partial charge in [-0.15, -0.1) is 11.3 Å². The summed E-state index contributed by atoms with van der Waals surface area (Å²) in [5.41, 5.74) is 5.27. The fraction of sp³-hybridized carbons (Fsp3) is 0.333. The molecule has 0 spiro atoms. The van der Waals surface area contributed by atoms with E-state index in [9.17, 15) is 4.79 Å². The van der Waals surface area contributed by atoms with Crippen LogP contribution >= 0.6 is 11.3 Å². The molecular formula is C24H26N2O2S. The first-order chi connectivity index (χ1) is 14.0. The lowest BCUT2D eigenvalue weighted by Gasteiger charge is -2.21. The van der Waals surface area contributed by atoms with Crippen LogP contribution in [0.5, 0.6) is 5.75 Å². The van der Waals surface area contributed by atoms with Crippen LogP contribution in [0.4, 0.5) is 0 Å². The van der Waals surface area contributed by atoms with Gasteiger partial charge in [0.05, 0.1) is 12.2 Å². The highest BCUT2D eigenvalue weighted by molar-refractivity contribution is 7.09. The highest BCUT2D eigenvalue weighted by Crippen LogP contribution is 2.30. The minimum atomic E-state index is 0.0877. The third-order valence-electron chi connectivity index (χ3n) is 5.32. The van der Waals surface area contributed by atoms with Crippen molar-refractivity contribution in [3.8, 4) is 5.75 Å². The molecule has 29 heavy (non-hydrogen) atoms. The second-order valence-electron chi connectivity index (χ2n) is 7.76. The van der Waals surface area contributed by atoms with Gasteiger partial charge < -0.3 is 9.64 Å². The molecule has 150 valence electrons. The topological polar surface area (TPSA) is 42.4 Å². The smallest absolute Gasteiger partial charge is 0.254 e. The third-order valence-corrected chi connectivity index (χ3v) is 6.19. The van der Waals surface area contributed by atoms with Crippen LogP contribution in [0.25, 0.3) is 0 Å². The van der Waals surface area contributed by atoms with Crippen LogP contribution in [-0.4, -0.2) is 21.8 Å². The molecular weight excluding hydrogens is 380 g/mol. The molecule has 4 nitrogen and oxygen atoms in total. The van der Waals surface area contributed by atoms with Crippen LogP contribution in [-0.2, 0) is 13.2 Å². The summed E-state index contributed by atoms with van der Waals surface area (Å²) in [6.45, 7) is 7.27. The molecule has 1 saturated carbocycles. The number of benzene rings is 2. The number of aryl methyl sites for hydroxylation is 2. The van der Waals surface area contributed by atoms with E-state index < -0.39 is 0 Å². The van der Waals surface area contributed by atoms with Crippen molar-refractivity contribution in [3.63, 3.8) is 0 Å².